The highest BCUT2D eigenvalue weighted by atomic mass is 32.1. The van der Waals surface area contributed by atoms with Gasteiger partial charge >= 0.3 is 0 Å². The molecule has 3 aromatic rings. The Hall–Kier alpha value is -3.00. The Morgan fingerprint density at radius 3 is 2.22 bits per heavy atom. The molecule has 142 valence electrons. The number of nitrogens with zero attached hydrogens (tertiary/aromatic N) is 2. The third-order valence-electron chi connectivity index (χ3n) is 4.34. The third-order valence-corrected chi connectivity index (χ3v) is 4.65. The summed E-state index contributed by atoms with van der Waals surface area (Å²) in [7, 11) is 6.36. The summed E-state index contributed by atoms with van der Waals surface area (Å²) >= 11 is 5.47. The van der Waals surface area contributed by atoms with Crippen molar-refractivity contribution < 1.29 is 18.9 Å². The van der Waals surface area contributed by atoms with Crippen LogP contribution in [0.15, 0.2) is 30.3 Å². The molecule has 8 heteroatoms. The van der Waals surface area contributed by atoms with E-state index in [-0.39, 0.29) is 0 Å². The molecule has 0 aliphatic carbocycles. The third kappa shape index (κ3) is 3.48. The number of benzene rings is 2. The Kier molecular flexibility index (Phi) is 5.36. The molecule has 0 aliphatic rings. The number of aromatic nitrogens is 2. The molecule has 2 N–H and O–H groups in total. The maximum atomic E-state index is 6.42. The molecule has 7 nitrogen and oxygen atoms in total. The molecule has 0 saturated heterocycles. The molecule has 0 radical (unpaired) electrons. The van der Waals surface area contributed by atoms with Gasteiger partial charge in [-0.15, -0.1) is 0 Å². The van der Waals surface area contributed by atoms with Crippen molar-refractivity contribution in [2.75, 3.05) is 34.2 Å². The Balaban J connectivity index is 2.14. The predicted molar refractivity (Wildman–Crippen MR) is 107 cm³/mol. The van der Waals surface area contributed by atoms with Gasteiger partial charge in [-0.2, -0.15) is 0 Å². The van der Waals surface area contributed by atoms with Gasteiger partial charge in [-0.25, -0.2) is 4.98 Å². The van der Waals surface area contributed by atoms with E-state index in [1.54, 1.807) is 45.1 Å². The number of nitrogen functional groups attached to an aromatic ring is 1. The molecule has 0 bridgehead atoms. The van der Waals surface area contributed by atoms with E-state index in [0.717, 1.165) is 10.9 Å². The van der Waals surface area contributed by atoms with Gasteiger partial charge < -0.3 is 24.7 Å². The number of methoxy groups -OCH3 is 4. The number of rotatable bonds is 6. The van der Waals surface area contributed by atoms with Crippen LogP contribution < -0.4 is 24.7 Å². The van der Waals surface area contributed by atoms with Crippen LogP contribution in [0.5, 0.6) is 23.0 Å². The SMILES string of the molecule is COc1ccc(Cn2c(N)c3cc(OC)c(OC)cc3nc2=S)c(OC)c1. The highest BCUT2D eigenvalue weighted by Gasteiger charge is 2.14. The highest BCUT2D eigenvalue weighted by molar-refractivity contribution is 7.71. The van der Waals surface area contributed by atoms with Crippen molar-refractivity contribution in [3.63, 3.8) is 0 Å². The highest BCUT2D eigenvalue weighted by Crippen LogP contribution is 2.34. The van der Waals surface area contributed by atoms with Crippen molar-refractivity contribution in [1.29, 1.82) is 0 Å². The van der Waals surface area contributed by atoms with Gasteiger partial charge in [-0.3, -0.25) is 4.57 Å². The van der Waals surface area contributed by atoms with Crippen molar-refractivity contribution in [2.45, 2.75) is 6.54 Å². The summed E-state index contributed by atoms with van der Waals surface area (Å²) in [5.74, 6) is 3.03. The van der Waals surface area contributed by atoms with Crippen LogP contribution in [-0.4, -0.2) is 38.0 Å². The number of hydrogen-bond donors (Lipinski definition) is 1. The minimum atomic E-state index is 0.366. The smallest absolute Gasteiger partial charge is 0.201 e. The quantitative estimate of drug-likeness (QED) is 0.649. The van der Waals surface area contributed by atoms with Gasteiger partial charge in [-0.05, 0) is 30.4 Å². The number of fused-ring (bicyclic) bond motifs is 1. The largest absolute Gasteiger partial charge is 0.497 e. The first-order valence-corrected chi connectivity index (χ1v) is 8.56. The van der Waals surface area contributed by atoms with E-state index in [9.17, 15) is 0 Å². The van der Waals surface area contributed by atoms with Gasteiger partial charge in [-0.1, -0.05) is 0 Å². The Morgan fingerprint density at radius 2 is 1.59 bits per heavy atom. The summed E-state index contributed by atoms with van der Waals surface area (Å²) in [6, 6.07) is 9.15. The molecule has 1 heterocycles. The summed E-state index contributed by atoms with van der Waals surface area (Å²) < 4.78 is 23.5. The van der Waals surface area contributed by atoms with Crippen molar-refractivity contribution in [3.05, 3.63) is 40.7 Å². The fraction of sp³-hybridized carbons (Fsp3) is 0.263. The monoisotopic (exact) mass is 387 g/mol. The molecule has 2 aromatic carbocycles. The number of ether oxygens (including phenoxy) is 4. The average Bonchev–Trinajstić information content (AvgIpc) is 2.70. The lowest BCUT2D eigenvalue weighted by Crippen LogP contribution is -2.11. The molecule has 0 amide bonds. The zero-order valence-electron chi connectivity index (χ0n) is 15.6. The number of nitrogens with two attached hydrogens (primary N) is 1. The molecule has 0 aliphatic heterocycles. The van der Waals surface area contributed by atoms with Crippen molar-refractivity contribution >= 4 is 28.9 Å². The molecule has 0 spiro atoms. The Labute approximate surface area is 162 Å². The molecule has 0 fully saturated rings. The molecule has 0 unspecified atom stereocenters. The normalized spacial score (nSPS) is 10.7. The van der Waals surface area contributed by atoms with Crippen LogP contribution in [0.4, 0.5) is 5.82 Å². The minimum Gasteiger partial charge on any atom is -0.497 e. The second kappa shape index (κ2) is 7.71. The number of hydrogen-bond acceptors (Lipinski definition) is 7. The van der Waals surface area contributed by atoms with Gasteiger partial charge in [0.1, 0.15) is 17.3 Å². The number of anilines is 1. The van der Waals surface area contributed by atoms with Crippen LogP contribution in [0.3, 0.4) is 0 Å². The fourth-order valence-electron chi connectivity index (χ4n) is 2.88. The second-order valence-corrected chi connectivity index (χ2v) is 6.13. The van der Waals surface area contributed by atoms with Crippen LogP contribution in [0.1, 0.15) is 5.56 Å². The van der Waals surface area contributed by atoms with Crippen LogP contribution in [0, 0.1) is 4.77 Å². The van der Waals surface area contributed by atoms with Gasteiger partial charge in [0.25, 0.3) is 0 Å². The van der Waals surface area contributed by atoms with Crippen molar-refractivity contribution in [1.82, 2.24) is 9.55 Å². The summed E-state index contributed by atoms with van der Waals surface area (Å²) in [6.07, 6.45) is 0. The molecule has 0 saturated carbocycles. The fourth-order valence-corrected chi connectivity index (χ4v) is 3.14. The summed E-state index contributed by atoms with van der Waals surface area (Å²) in [5.41, 5.74) is 7.98. The van der Waals surface area contributed by atoms with Crippen LogP contribution in [0.25, 0.3) is 10.9 Å². The summed E-state index contributed by atoms with van der Waals surface area (Å²) in [6.45, 7) is 0.412. The first kappa shape index (κ1) is 18.8. The van der Waals surface area contributed by atoms with E-state index in [2.05, 4.69) is 4.98 Å². The lowest BCUT2D eigenvalue weighted by Gasteiger charge is -2.16. The molecule has 3 rings (SSSR count). The lowest BCUT2D eigenvalue weighted by atomic mass is 10.1. The van der Waals surface area contributed by atoms with E-state index >= 15 is 0 Å². The predicted octanol–water partition coefficient (Wildman–Crippen LogP) is 3.43. The van der Waals surface area contributed by atoms with Crippen LogP contribution >= 0.6 is 12.2 Å². The van der Waals surface area contributed by atoms with E-state index < -0.39 is 0 Å². The van der Waals surface area contributed by atoms with E-state index in [4.69, 9.17) is 36.9 Å². The molecule has 0 atom stereocenters. The first-order chi connectivity index (χ1) is 13.0. The Morgan fingerprint density at radius 1 is 0.926 bits per heavy atom. The Bertz CT molecular complexity index is 1050. The topological polar surface area (TPSA) is 80.8 Å². The average molecular weight is 387 g/mol. The van der Waals surface area contributed by atoms with Crippen LogP contribution in [0.2, 0.25) is 0 Å². The maximum Gasteiger partial charge on any atom is 0.201 e. The second-order valence-electron chi connectivity index (χ2n) is 5.77. The van der Waals surface area contributed by atoms with Gasteiger partial charge in [0.2, 0.25) is 4.77 Å². The summed E-state index contributed by atoms with van der Waals surface area (Å²) in [5, 5.41) is 0.730. The molecular weight excluding hydrogens is 366 g/mol. The van der Waals surface area contributed by atoms with E-state index in [0.29, 0.717) is 45.6 Å². The van der Waals surface area contributed by atoms with Gasteiger partial charge in [0.15, 0.2) is 11.5 Å². The lowest BCUT2D eigenvalue weighted by molar-refractivity contribution is 0.355. The van der Waals surface area contributed by atoms with Crippen molar-refractivity contribution in [3.8, 4) is 23.0 Å². The first-order valence-electron chi connectivity index (χ1n) is 8.15. The van der Waals surface area contributed by atoms with E-state index in [1.807, 2.05) is 18.2 Å². The van der Waals surface area contributed by atoms with Crippen LogP contribution in [-0.2, 0) is 6.54 Å². The summed E-state index contributed by atoms with van der Waals surface area (Å²) in [4.78, 5) is 4.50. The van der Waals surface area contributed by atoms with Gasteiger partial charge in [0.05, 0.1) is 40.5 Å². The molecular formula is C19H21N3O4S. The van der Waals surface area contributed by atoms with E-state index in [1.165, 1.54) is 0 Å². The van der Waals surface area contributed by atoms with Gasteiger partial charge in [0, 0.05) is 23.1 Å². The molecule has 27 heavy (non-hydrogen) atoms. The standard InChI is InChI=1S/C19H21N3O4S/c1-23-12-6-5-11(15(7-12)24-2)10-22-18(20)13-8-16(25-3)17(26-4)9-14(13)21-19(22)27/h5-9H,10,20H2,1-4H3. The van der Waals surface area contributed by atoms with Crippen molar-refractivity contribution in [2.24, 2.45) is 0 Å². The molecule has 1 aromatic heterocycles. The zero-order chi connectivity index (χ0) is 19.6. The maximum absolute atomic E-state index is 6.42. The zero-order valence-corrected chi connectivity index (χ0v) is 16.4. The minimum absolute atomic E-state index is 0.366.